The van der Waals surface area contributed by atoms with Crippen molar-refractivity contribution in [1.82, 2.24) is 19.5 Å². The zero-order valence-corrected chi connectivity index (χ0v) is 9.61. The summed E-state index contributed by atoms with van der Waals surface area (Å²) >= 11 is 0. The van der Waals surface area contributed by atoms with E-state index < -0.39 is 0 Å². The normalized spacial score (nSPS) is 11.2. The molecule has 3 heterocycles. The van der Waals surface area contributed by atoms with Crippen LogP contribution in [-0.4, -0.2) is 19.5 Å². The van der Waals surface area contributed by atoms with E-state index in [1.807, 2.05) is 38.4 Å². The third-order valence-corrected chi connectivity index (χ3v) is 2.82. The number of rotatable bonds is 1. The molecule has 0 saturated carbocycles. The Labute approximate surface area is 97.5 Å². The van der Waals surface area contributed by atoms with Crippen LogP contribution in [0.15, 0.2) is 29.3 Å². The largest absolute Gasteiger partial charge is 0.363 e. The lowest BCUT2D eigenvalue weighted by atomic mass is 10.3. The highest BCUT2D eigenvalue weighted by Crippen LogP contribution is 2.19. The summed E-state index contributed by atoms with van der Waals surface area (Å²) in [6.45, 7) is 3.84. The number of hydrogen-bond acceptors (Lipinski definition) is 2. The predicted octanol–water partition coefficient (Wildman–Crippen LogP) is 1.61. The summed E-state index contributed by atoms with van der Waals surface area (Å²) in [5, 5.41) is 0. The zero-order valence-electron chi connectivity index (χ0n) is 9.61. The van der Waals surface area contributed by atoms with E-state index in [2.05, 4.69) is 15.0 Å². The van der Waals surface area contributed by atoms with Gasteiger partial charge in [0.2, 0.25) is 0 Å². The molecule has 5 nitrogen and oxygen atoms in total. The highest BCUT2D eigenvalue weighted by Gasteiger charge is 2.12. The Hall–Kier alpha value is -2.30. The first-order valence-corrected chi connectivity index (χ1v) is 5.38. The van der Waals surface area contributed by atoms with Crippen molar-refractivity contribution in [3.63, 3.8) is 0 Å². The van der Waals surface area contributed by atoms with Crippen LogP contribution in [0.25, 0.3) is 17.1 Å². The van der Waals surface area contributed by atoms with E-state index in [-0.39, 0.29) is 5.69 Å². The van der Waals surface area contributed by atoms with Crippen molar-refractivity contribution in [3.05, 3.63) is 46.4 Å². The Morgan fingerprint density at radius 1 is 1.35 bits per heavy atom. The van der Waals surface area contributed by atoms with E-state index in [1.54, 1.807) is 4.57 Å². The van der Waals surface area contributed by atoms with Gasteiger partial charge in [-0.05, 0) is 26.0 Å². The second kappa shape index (κ2) is 3.35. The van der Waals surface area contributed by atoms with Gasteiger partial charge in [0, 0.05) is 29.3 Å². The van der Waals surface area contributed by atoms with Gasteiger partial charge in [0.05, 0.1) is 5.69 Å². The molecule has 0 spiro atoms. The van der Waals surface area contributed by atoms with Crippen LogP contribution in [0, 0.1) is 13.8 Å². The number of hydrogen-bond donors (Lipinski definition) is 2. The second-order valence-corrected chi connectivity index (χ2v) is 4.12. The molecule has 2 aliphatic rings. The number of fused-ring (bicyclic) bond motifs is 1. The van der Waals surface area contributed by atoms with Crippen LogP contribution < -0.4 is 5.69 Å². The third kappa shape index (κ3) is 1.47. The van der Waals surface area contributed by atoms with Gasteiger partial charge in [0.15, 0.2) is 0 Å². The fourth-order valence-electron chi connectivity index (χ4n) is 2.01. The van der Waals surface area contributed by atoms with Crippen molar-refractivity contribution < 1.29 is 0 Å². The Morgan fingerprint density at radius 2 is 2.18 bits per heavy atom. The average Bonchev–Trinajstić information content (AvgIpc) is 2.82. The van der Waals surface area contributed by atoms with Crippen molar-refractivity contribution in [3.8, 4) is 17.1 Å². The fraction of sp³-hybridized carbons (Fsp3) is 0.167. The van der Waals surface area contributed by atoms with Crippen LogP contribution in [0.2, 0.25) is 0 Å². The van der Waals surface area contributed by atoms with E-state index in [4.69, 9.17) is 0 Å². The summed E-state index contributed by atoms with van der Waals surface area (Å²) in [7, 11) is 0. The molecule has 3 rings (SSSR count). The van der Waals surface area contributed by atoms with Crippen LogP contribution in [-0.2, 0) is 0 Å². The van der Waals surface area contributed by atoms with Crippen LogP contribution >= 0.6 is 0 Å². The minimum absolute atomic E-state index is 0.182. The second-order valence-electron chi connectivity index (χ2n) is 4.12. The molecular formula is C12H12N4O. The Balaban J connectivity index is 2.31. The standard InChI is InChI=1S/C12H12N4O/c1-7-5-9-6-16(10-3-4-13-8(10)2)12(17)15-11(9)14-7/h3-6,13H,1-2H3,(H,14,15,17). The van der Waals surface area contributed by atoms with Crippen molar-refractivity contribution in [2.45, 2.75) is 13.8 Å². The molecule has 86 valence electrons. The lowest BCUT2D eigenvalue weighted by Gasteiger charge is -2.06. The zero-order chi connectivity index (χ0) is 12.0. The van der Waals surface area contributed by atoms with Gasteiger partial charge in [-0.25, -0.2) is 9.78 Å². The van der Waals surface area contributed by atoms with Gasteiger partial charge in [-0.15, -0.1) is 0 Å². The van der Waals surface area contributed by atoms with E-state index in [1.165, 1.54) is 0 Å². The minimum atomic E-state index is -0.182. The number of aromatic amines is 2. The summed E-state index contributed by atoms with van der Waals surface area (Å²) in [6, 6.07) is 3.82. The van der Waals surface area contributed by atoms with E-state index >= 15 is 0 Å². The molecule has 2 N–H and O–H groups in total. The third-order valence-electron chi connectivity index (χ3n) is 2.82. The van der Waals surface area contributed by atoms with Crippen molar-refractivity contribution >= 4 is 0 Å². The number of H-pyrrole nitrogens is 2. The van der Waals surface area contributed by atoms with Gasteiger partial charge >= 0.3 is 5.69 Å². The first-order chi connectivity index (χ1) is 8.15. The SMILES string of the molecule is Cc1cc2cn(-c3cc[nH]c3C)c(=O)[nH]c-2n1. The summed E-state index contributed by atoms with van der Waals surface area (Å²) in [6.07, 6.45) is 3.63. The van der Waals surface area contributed by atoms with Crippen molar-refractivity contribution in [2.75, 3.05) is 0 Å². The topological polar surface area (TPSA) is 66.5 Å². The molecule has 0 aromatic carbocycles. The van der Waals surface area contributed by atoms with Crippen LogP contribution in [0.4, 0.5) is 0 Å². The molecule has 17 heavy (non-hydrogen) atoms. The van der Waals surface area contributed by atoms with Gasteiger partial charge in [-0.2, -0.15) is 0 Å². The smallest absolute Gasteiger partial charge is 0.331 e. The van der Waals surface area contributed by atoms with Gasteiger partial charge in [-0.1, -0.05) is 0 Å². The highest BCUT2D eigenvalue weighted by molar-refractivity contribution is 5.58. The molecule has 1 aromatic rings. The summed E-state index contributed by atoms with van der Waals surface area (Å²) in [5.74, 6) is 0.636. The molecule has 0 saturated heterocycles. The van der Waals surface area contributed by atoms with Gasteiger partial charge < -0.3 is 4.98 Å². The Kier molecular flexibility index (Phi) is 1.95. The number of aromatic nitrogens is 4. The molecule has 0 atom stereocenters. The predicted molar refractivity (Wildman–Crippen MR) is 64.6 cm³/mol. The molecule has 0 amide bonds. The number of aryl methyl sites for hydroxylation is 2. The highest BCUT2D eigenvalue weighted by atomic mass is 16.1. The first kappa shape index (κ1) is 9.89. The quantitative estimate of drug-likeness (QED) is 0.664. The monoisotopic (exact) mass is 228 g/mol. The van der Waals surface area contributed by atoms with Gasteiger partial charge in [0.1, 0.15) is 5.82 Å². The van der Waals surface area contributed by atoms with E-state index in [0.717, 1.165) is 22.6 Å². The van der Waals surface area contributed by atoms with Crippen molar-refractivity contribution in [2.24, 2.45) is 0 Å². The van der Waals surface area contributed by atoms with E-state index in [9.17, 15) is 4.79 Å². The average molecular weight is 228 g/mol. The van der Waals surface area contributed by atoms with Crippen LogP contribution in [0.3, 0.4) is 0 Å². The molecule has 0 radical (unpaired) electrons. The molecule has 5 heteroatoms. The lowest BCUT2D eigenvalue weighted by Crippen LogP contribution is -2.22. The van der Waals surface area contributed by atoms with E-state index in [0.29, 0.717) is 5.82 Å². The number of nitrogens with one attached hydrogen (secondary N) is 2. The molecule has 0 bridgehead atoms. The molecule has 0 unspecified atom stereocenters. The summed E-state index contributed by atoms with van der Waals surface area (Å²) in [5.41, 5.74) is 3.46. The molecular weight excluding hydrogens is 216 g/mol. The first-order valence-electron chi connectivity index (χ1n) is 5.38. The molecule has 0 aliphatic carbocycles. The van der Waals surface area contributed by atoms with Crippen LogP contribution in [0.5, 0.6) is 0 Å². The molecule has 2 aliphatic heterocycles. The van der Waals surface area contributed by atoms with Crippen molar-refractivity contribution in [1.29, 1.82) is 0 Å². The lowest BCUT2D eigenvalue weighted by molar-refractivity contribution is 0.901. The Bertz CT molecular complexity index is 704. The molecule has 0 fully saturated rings. The maximum absolute atomic E-state index is 11.9. The minimum Gasteiger partial charge on any atom is -0.363 e. The maximum Gasteiger partial charge on any atom is 0.331 e. The fourth-order valence-corrected chi connectivity index (χ4v) is 2.01. The summed E-state index contributed by atoms with van der Waals surface area (Å²) < 4.78 is 1.59. The van der Waals surface area contributed by atoms with Gasteiger partial charge in [0.25, 0.3) is 0 Å². The maximum atomic E-state index is 11.9. The Morgan fingerprint density at radius 3 is 2.88 bits per heavy atom. The summed E-state index contributed by atoms with van der Waals surface area (Å²) in [4.78, 5) is 22.0. The van der Waals surface area contributed by atoms with Gasteiger partial charge in [-0.3, -0.25) is 9.55 Å². The van der Waals surface area contributed by atoms with Crippen LogP contribution in [0.1, 0.15) is 11.4 Å². The molecule has 1 aromatic heterocycles. The number of nitrogens with zero attached hydrogens (tertiary/aromatic N) is 2.